The Labute approximate surface area is 156 Å². The lowest BCUT2D eigenvalue weighted by atomic mass is 10.1. The van der Waals surface area contributed by atoms with E-state index in [-0.39, 0.29) is 17.7 Å². The van der Waals surface area contributed by atoms with E-state index < -0.39 is 0 Å². The predicted molar refractivity (Wildman–Crippen MR) is 102 cm³/mol. The molecule has 0 spiro atoms. The van der Waals surface area contributed by atoms with E-state index >= 15 is 0 Å². The maximum absolute atomic E-state index is 12.7. The highest BCUT2D eigenvalue weighted by Gasteiger charge is 2.35. The van der Waals surface area contributed by atoms with Crippen molar-refractivity contribution in [3.63, 3.8) is 0 Å². The zero-order valence-electron chi connectivity index (χ0n) is 14.8. The number of amides is 2. The molecule has 1 aliphatic heterocycles. The van der Waals surface area contributed by atoms with Gasteiger partial charge in [0.15, 0.2) is 0 Å². The fourth-order valence-electron chi connectivity index (χ4n) is 2.59. The molecular weight excluding hydrogens is 350 g/mol. The number of hydrogen-bond donors (Lipinski definition) is 0. The third-order valence-corrected chi connectivity index (χ3v) is 4.97. The molecule has 2 amide bonds. The number of ether oxygens (including phenoxy) is 2. The minimum absolute atomic E-state index is 0.266. The first-order chi connectivity index (χ1) is 12.5. The van der Waals surface area contributed by atoms with Crippen molar-refractivity contribution in [1.29, 1.82) is 0 Å². The standard InChI is InChI=1S/C20H19NO4S/c1-13-4-6-14(7-5-13)12-21-19(22)18(26-20(21)23)10-15-8-9-16(24-2)11-17(15)25-3/h4-11H,12H2,1-3H3/b18-10+. The maximum atomic E-state index is 12.7. The summed E-state index contributed by atoms with van der Waals surface area (Å²) in [6.45, 7) is 2.26. The van der Waals surface area contributed by atoms with Crippen LogP contribution in [0.1, 0.15) is 16.7 Å². The van der Waals surface area contributed by atoms with Crippen LogP contribution in [-0.2, 0) is 11.3 Å². The molecule has 0 aliphatic carbocycles. The molecule has 3 rings (SSSR count). The van der Waals surface area contributed by atoms with E-state index in [1.54, 1.807) is 38.5 Å². The summed E-state index contributed by atoms with van der Waals surface area (Å²) in [6.07, 6.45) is 1.68. The fourth-order valence-corrected chi connectivity index (χ4v) is 3.42. The van der Waals surface area contributed by atoms with Crippen LogP contribution >= 0.6 is 11.8 Å². The van der Waals surface area contributed by atoms with Crippen LogP contribution in [0.2, 0.25) is 0 Å². The maximum Gasteiger partial charge on any atom is 0.293 e. The number of rotatable bonds is 5. The summed E-state index contributed by atoms with van der Waals surface area (Å²) in [5.74, 6) is 0.944. The second-order valence-corrected chi connectivity index (χ2v) is 6.85. The van der Waals surface area contributed by atoms with Gasteiger partial charge in [-0.1, -0.05) is 29.8 Å². The molecule has 0 unspecified atom stereocenters. The lowest BCUT2D eigenvalue weighted by Gasteiger charge is -2.12. The average molecular weight is 369 g/mol. The van der Waals surface area contributed by atoms with Crippen LogP contribution in [0.5, 0.6) is 11.5 Å². The van der Waals surface area contributed by atoms with Gasteiger partial charge in [0, 0.05) is 11.6 Å². The van der Waals surface area contributed by atoms with E-state index in [9.17, 15) is 9.59 Å². The van der Waals surface area contributed by atoms with E-state index in [0.29, 0.717) is 22.0 Å². The van der Waals surface area contributed by atoms with Crippen molar-refractivity contribution in [2.75, 3.05) is 14.2 Å². The summed E-state index contributed by atoms with van der Waals surface area (Å²) in [5, 5.41) is -0.269. The van der Waals surface area contributed by atoms with Crippen molar-refractivity contribution in [2.45, 2.75) is 13.5 Å². The van der Waals surface area contributed by atoms with Crippen LogP contribution in [0, 0.1) is 6.92 Å². The fraction of sp³-hybridized carbons (Fsp3) is 0.200. The molecule has 1 saturated heterocycles. The summed E-state index contributed by atoms with van der Waals surface area (Å²) < 4.78 is 10.5. The van der Waals surface area contributed by atoms with E-state index in [4.69, 9.17) is 9.47 Å². The van der Waals surface area contributed by atoms with Crippen molar-refractivity contribution in [3.8, 4) is 11.5 Å². The molecule has 134 valence electrons. The van der Waals surface area contributed by atoms with Gasteiger partial charge >= 0.3 is 0 Å². The van der Waals surface area contributed by atoms with Gasteiger partial charge in [-0.15, -0.1) is 0 Å². The van der Waals surface area contributed by atoms with Gasteiger partial charge in [-0.05, 0) is 42.5 Å². The van der Waals surface area contributed by atoms with E-state index in [0.717, 1.165) is 22.9 Å². The molecule has 0 radical (unpaired) electrons. The number of thioether (sulfide) groups is 1. The van der Waals surface area contributed by atoms with Crippen molar-refractivity contribution in [1.82, 2.24) is 4.90 Å². The van der Waals surface area contributed by atoms with E-state index in [2.05, 4.69) is 0 Å². The Morgan fingerprint density at radius 2 is 1.77 bits per heavy atom. The van der Waals surface area contributed by atoms with Gasteiger partial charge in [0.1, 0.15) is 11.5 Å². The number of nitrogens with zero attached hydrogens (tertiary/aromatic N) is 1. The first-order valence-corrected chi connectivity index (χ1v) is 8.86. The molecule has 2 aromatic rings. The van der Waals surface area contributed by atoms with Crippen LogP contribution in [0.3, 0.4) is 0 Å². The van der Waals surface area contributed by atoms with Gasteiger partial charge in [-0.25, -0.2) is 0 Å². The van der Waals surface area contributed by atoms with Crippen LogP contribution in [-0.4, -0.2) is 30.3 Å². The molecule has 1 fully saturated rings. The molecule has 6 heteroatoms. The zero-order valence-corrected chi connectivity index (χ0v) is 15.6. The summed E-state index contributed by atoms with van der Waals surface area (Å²) in [7, 11) is 3.13. The van der Waals surface area contributed by atoms with Gasteiger partial charge in [-0.2, -0.15) is 0 Å². The van der Waals surface area contributed by atoms with Crippen molar-refractivity contribution >= 4 is 29.0 Å². The molecular formula is C20H19NO4S. The minimum atomic E-state index is -0.293. The highest BCUT2D eigenvalue weighted by atomic mass is 32.2. The van der Waals surface area contributed by atoms with E-state index in [1.165, 1.54) is 4.90 Å². The molecule has 26 heavy (non-hydrogen) atoms. The van der Waals surface area contributed by atoms with Crippen molar-refractivity contribution < 1.29 is 19.1 Å². The normalized spacial score (nSPS) is 15.7. The Balaban J connectivity index is 1.84. The van der Waals surface area contributed by atoms with Gasteiger partial charge < -0.3 is 9.47 Å². The van der Waals surface area contributed by atoms with Gasteiger partial charge in [0.05, 0.1) is 25.7 Å². The summed E-state index contributed by atoms with van der Waals surface area (Å²) in [5.41, 5.74) is 2.77. The summed E-state index contributed by atoms with van der Waals surface area (Å²) in [4.78, 5) is 26.6. The van der Waals surface area contributed by atoms with Crippen LogP contribution < -0.4 is 9.47 Å². The third kappa shape index (κ3) is 3.75. The first kappa shape index (κ1) is 18.1. The van der Waals surface area contributed by atoms with Gasteiger partial charge in [0.2, 0.25) is 0 Å². The number of carbonyl (C=O) groups is 2. The first-order valence-electron chi connectivity index (χ1n) is 8.04. The van der Waals surface area contributed by atoms with Gasteiger partial charge in [-0.3, -0.25) is 14.5 Å². The Kier molecular flexibility index (Phi) is 5.32. The molecule has 0 bridgehead atoms. The molecule has 1 heterocycles. The Morgan fingerprint density at radius 3 is 2.42 bits per heavy atom. The smallest absolute Gasteiger partial charge is 0.293 e. The highest BCUT2D eigenvalue weighted by molar-refractivity contribution is 8.18. The SMILES string of the molecule is COc1ccc(/C=C2/SC(=O)N(Cc3ccc(C)cc3)C2=O)c(OC)c1. The highest BCUT2D eigenvalue weighted by Crippen LogP contribution is 2.35. The van der Waals surface area contributed by atoms with E-state index in [1.807, 2.05) is 31.2 Å². The quantitative estimate of drug-likeness (QED) is 0.738. The Hall–Kier alpha value is -2.73. The Morgan fingerprint density at radius 1 is 1.04 bits per heavy atom. The summed E-state index contributed by atoms with van der Waals surface area (Å²) >= 11 is 0.940. The molecule has 0 N–H and O–H groups in total. The lowest BCUT2D eigenvalue weighted by Crippen LogP contribution is -2.27. The molecule has 5 nitrogen and oxygen atoms in total. The summed E-state index contributed by atoms with van der Waals surface area (Å²) in [6, 6.07) is 13.1. The second-order valence-electron chi connectivity index (χ2n) is 5.86. The molecule has 0 aromatic heterocycles. The average Bonchev–Trinajstić information content (AvgIpc) is 2.91. The zero-order chi connectivity index (χ0) is 18.7. The monoisotopic (exact) mass is 369 g/mol. The topological polar surface area (TPSA) is 55.8 Å². The number of hydrogen-bond acceptors (Lipinski definition) is 5. The lowest BCUT2D eigenvalue weighted by molar-refractivity contribution is -0.123. The number of methoxy groups -OCH3 is 2. The molecule has 1 aliphatic rings. The second kappa shape index (κ2) is 7.66. The number of imide groups is 1. The Bertz CT molecular complexity index is 874. The minimum Gasteiger partial charge on any atom is -0.497 e. The third-order valence-electron chi connectivity index (χ3n) is 4.06. The van der Waals surface area contributed by atoms with Crippen molar-refractivity contribution in [2.24, 2.45) is 0 Å². The molecule has 2 aromatic carbocycles. The van der Waals surface area contributed by atoms with Crippen LogP contribution in [0.4, 0.5) is 4.79 Å². The van der Waals surface area contributed by atoms with Crippen LogP contribution in [0.15, 0.2) is 47.4 Å². The van der Waals surface area contributed by atoms with Gasteiger partial charge in [0.25, 0.3) is 11.1 Å². The van der Waals surface area contributed by atoms with Crippen LogP contribution in [0.25, 0.3) is 6.08 Å². The number of benzene rings is 2. The largest absolute Gasteiger partial charge is 0.497 e. The number of aryl methyl sites for hydroxylation is 1. The molecule has 0 atom stereocenters. The van der Waals surface area contributed by atoms with Crippen molar-refractivity contribution in [3.05, 3.63) is 64.1 Å². The number of carbonyl (C=O) groups excluding carboxylic acids is 2. The molecule has 0 saturated carbocycles. The predicted octanol–water partition coefficient (Wildman–Crippen LogP) is 4.25.